The molecule has 6 heteroatoms. The van der Waals surface area contributed by atoms with Gasteiger partial charge >= 0.3 is 0 Å². The predicted molar refractivity (Wildman–Crippen MR) is 72.9 cm³/mol. The van der Waals surface area contributed by atoms with Crippen molar-refractivity contribution in [3.63, 3.8) is 0 Å². The van der Waals surface area contributed by atoms with Crippen molar-refractivity contribution in [1.29, 1.82) is 0 Å². The molecule has 0 radical (unpaired) electrons. The van der Waals surface area contributed by atoms with E-state index in [9.17, 15) is 0 Å². The van der Waals surface area contributed by atoms with Crippen LogP contribution in [-0.2, 0) is 11.0 Å². The van der Waals surface area contributed by atoms with Crippen LogP contribution in [0.15, 0.2) is 12.3 Å². The molecular formula is C10H14N2OS2Si. The van der Waals surface area contributed by atoms with Crippen LogP contribution in [0.1, 0.15) is 5.69 Å². The van der Waals surface area contributed by atoms with Gasteiger partial charge in [-0.15, -0.1) is 11.3 Å². The summed E-state index contributed by atoms with van der Waals surface area (Å²) in [6.07, 6.45) is 1.82. The topological polar surface area (TPSA) is 37.9 Å². The Morgan fingerprint density at radius 1 is 1.50 bits per heavy atom. The van der Waals surface area contributed by atoms with Crippen LogP contribution in [0.25, 0.3) is 10.2 Å². The first-order valence-electron chi connectivity index (χ1n) is 5.06. The molecular weight excluding hydrogens is 256 g/mol. The number of pyridine rings is 1. The van der Waals surface area contributed by atoms with Crippen molar-refractivity contribution in [3.05, 3.63) is 21.9 Å². The van der Waals surface area contributed by atoms with E-state index in [1.54, 1.807) is 11.3 Å². The highest BCUT2D eigenvalue weighted by molar-refractivity contribution is 7.73. The standard InChI is InChI=1S/C10H14N2OS2Si/c1-16(2,3)13-6-7-4-9-8(5-11-7)12-10(14)15-9/h4-5H,6H2,1-3H3,(H,12,14). The molecule has 0 bridgehead atoms. The van der Waals surface area contributed by atoms with Gasteiger partial charge in [-0.3, -0.25) is 4.98 Å². The highest BCUT2D eigenvalue weighted by atomic mass is 32.1. The Balaban J connectivity index is 2.22. The van der Waals surface area contributed by atoms with Gasteiger partial charge in [0.15, 0.2) is 12.3 Å². The summed E-state index contributed by atoms with van der Waals surface area (Å²) in [5.74, 6) is 0. The molecule has 1 N–H and O–H groups in total. The molecule has 0 saturated heterocycles. The van der Waals surface area contributed by atoms with Gasteiger partial charge in [-0.2, -0.15) is 0 Å². The first-order chi connectivity index (χ1) is 7.44. The number of rotatable bonds is 3. The molecule has 0 unspecified atom stereocenters. The maximum absolute atomic E-state index is 5.82. The molecule has 2 heterocycles. The number of fused-ring (bicyclic) bond motifs is 1. The number of hydrogen-bond acceptors (Lipinski definition) is 4. The van der Waals surface area contributed by atoms with Gasteiger partial charge in [0.25, 0.3) is 0 Å². The lowest BCUT2D eigenvalue weighted by atomic mass is 10.3. The fraction of sp³-hybridized carbons (Fsp3) is 0.400. The number of aromatic nitrogens is 2. The highest BCUT2D eigenvalue weighted by Crippen LogP contribution is 2.20. The highest BCUT2D eigenvalue weighted by Gasteiger charge is 2.14. The zero-order valence-corrected chi connectivity index (χ0v) is 12.2. The number of nitrogens with one attached hydrogen (secondary N) is 1. The van der Waals surface area contributed by atoms with Crippen molar-refractivity contribution in [2.24, 2.45) is 0 Å². The number of hydrogen-bond donors (Lipinski definition) is 1. The number of aromatic amines is 1. The van der Waals surface area contributed by atoms with E-state index in [2.05, 4.69) is 29.6 Å². The summed E-state index contributed by atoms with van der Waals surface area (Å²) in [6.45, 7) is 7.11. The normalized spacial score (nSPS) is 12.2. The van der Waals surface area contributed by atoms with Crippen LogP contribution >= 0.6 is 23.6 Å². The Morgan fingerprint density at radius 2 is 2.25 bits per heavy atom. The first-order valence-corrected chi connectivity index (χ1v) is 9.69. The summed E-state index contributed by atoms with van der Waals surface area (Å²) in [4.78, 5) is 7.45. The average Bonchev–Trinajstić information content (AvgIpc) is 2.52. The van der Waals surface area contributed by atoms with Crippen LogP contribution in [-0.4, -0.2) is 18.3 Å². The number of thiazole rings is 1. The van der Waals surface area contributed by atoms with E-state index < -0.39 is 8.32 Å². The molecule has 0 atom stereocenters. The van der Waals surface area contributed by atoms with Gasteiger partial charge in [0, 0.05) is 0 Å². The Kier molecular flexibility index (Phi) is 3.25. The van der Waals surface area contributed by atoms with Crippen LogP contribution in [0.5, 0.6) is 0 Å². The van der Waals surface area contributed by atoms with Gasteiger partial charge in [0.05, 0.1) is 28.7 Å². The third kappa shape index (κ3) is 2.97. The SMILES string of the molecule is C[Si](C)(C)OCc1cc2sc(=S)[nH]c2cn1. The third-order valence-electron chi connectivity index (χ3n) is 2.02. The van der Waals surface area contributed by atoms with E-state index in [0.29, 0.717) is 6.61 Å². The molecule has 86 valence electrons. The predicted octanol–water partition coefficient (Wildman–Crippen LogP) is 3.71. The number of nitrogens with zero attached hydrogens (tertiary/aromatic N) is 1. The zero-order chi connectivity index (χ0) is 11.8. The third-order valence-corrected chi connectivity index (χ3v) is 4.22. The van der Waals surface area contributed by atoms with Crippen LogP contribution in [0.3, 0.4) is 0 Å². The fourth-order valence-electron chi connectivity index (χ4n) is 1.26. The average molecular weight is 270 g/mol. The summed E-state index contributed by atoms with van der Waals surface area (Å²) in [5, 5.41) is 0. The molecule has 0 saturated carbocycles. The van der Waals surface area contributed by atoms with E-state index in [1.807, 2.05) is 12.3 Å². The monoisotopic (exact) mass is 270 g/mol. The quantitative estimate of drug-likeness (QED) is 0.682. The number of H-pyrrole nitrogens is 1. The van der Waals surface area contributed by atoms with Crippen molar-refractivity contribution in [3.8, 4) is 0 Å². The minimum atomic E-state index is -1.47. The van der Waals surface area contributed by atoms with E-state index in [1.165, 1.54) is 0 Å². The smallest absolute Gasteiger partial charge is 0.184 e. The Labute approximate surface area is 105 Å². The fourth-order valence-corrected chi connectivity index (χ4v) is 2.99. The van der Waals surface area contributed by atoms with Gasteiger partial charge in [-0.1, -0.05) is 0 Å². The van der Waals surface area contributed by atoms with E-state index in [0.717, 1.165) is 19.9 Å². The van der Waals surface area contributed by atoms with Gasteiger partial charge in [0.2, 0.25) is 0 Å². The van der Waals surface area contributed by atoms with Gasteiger partial charge in [-0.05, 0) is 37.9 Å². The molecule has 0 aliphatic carbocycles. The van der Waals surface area contributed by atoms with Crippen LogP contribution < -0.4 is 0 Å². The molecule has 2 aromatic rings. The second-order valence-electron chi connectivity index (χ2n) is 4.59. The van der Waals surface area contributed by atoms with E-state index >= 15 is 0 Å². The van der Waals surface area contributed by atoms with Crippen molar-refractivity contribution >= 4 is 42.1 Å². The molecule has 3 nitrogen and oxygen atoms in total. The second-order valence-corrected chi connectivity index (χ2v) is 10.8. The Hall–Kier alpha value is -0.563. The molecule has 0 amide bonds. The minimum Gasteiger partial charge on any atom is -0.412 e. The van der Waals surface area contributed by atoms with Crippen LogP contribution in [0, 0.1) is 3.95 Å². The maximum Gasteiger partial charge on any atom is 0.184 e. The molecule has 0 aliphatic rings. The Morgan fingerprint density at radius 3 is 2.94 bits per heavy atom. The Bertz CT molecular complexity index is 556. The first kappa shape index (κ1) is 11.9. The van der Waals surface area contributed by atoms with Crippen molar-refractivity contribution in [2.45, 2.75) is 26.2 Å². The lowest BCUT2D eigenvalue weighted by molar-refractivity contribution is 0.295. The molecule has 2 aromatic heterocycles. The molecule has 0 fully saturated rings. The molecule has 2 rings (SSSR count). The minimum absolute atomic E-state index is 0.594. The molecule has 0 aromatic carbocycles. The van der Waals surface area contributed by atoms with Gasteiger partial charge < -0.3 is 9.41 Å². The lowest BCUT2D eigenvalue weighted by Crippen LogP contribution is -2.25. The van der Waals surface area contributed by atoms with Crippen LogP contribution in [0.4, 0.5) is 0 Å². The second kappa shape index (κ2) is 4.36. The van der Waals surface area contributed by atoms with Crippen molar-refractivity contribution in [1.82, 2.24) is 9.97 Å². The molecule has 0 aliphatic heterocycles. The van der Waals surface area contributed by atoms with Crippen LogP contribution in [0.2, 0.25) is 19.6 Å². The van der Waals surface area contributed by atoms with Crippen molar-refractivity contribution < 1.29 is 4.43 Å². The summed E-state index contributed by atoms with van der Waals surface area (Å²) in [5.41, 5.74) is 1.98. The van der Waals surface area contributed by atoms with E-state index in [4.69, 9.17) is 16.6 Å². The summed E-state index contributed by atoms with van der Waals surface area (Å²) in [6, 6.07) is 2.05. The lowest BCUT2D eigenvalue weighted by Gasteiger charge is -2.16. The summed E-state index contributed by atoms with van der Waals surface area (Å²) < 4.78 is 7.75. The van der Waals surface area contributed by atoms with Gasteiger partial charge in [-0.25, -0.2) is 0 Å². The maximum atomic E-state index is 5.82. The largest absolute Gasteiger partial charge is 0.412 e. The summed E-state index contributed by atoms with van der Waals surface area (Å²) in [7, 11) is -1.47. The summed E-state index contributed by atoms with van der Waals surface area (Å²) >= 11 is 6.67. The molecule has 0 spiro atoms. The zero-order valence-electron chi connectivity index (χ0n) is 9.53. The van der Waals surface area contributed by atoms with E-state index in [-0.39, 0.29) is 0 Å². The molecule has 16 heavy (non-hydrogen) atoms. The van der Waals surface area contributed by atoms with Crippen molar-refractivity contribution in [2.75, 3.05) is 0 Å². The van der Waals surface area contributed by atoms with Gasteiger partial charge in [0.1, 0.15) is 0 Å².